The van der Waals surface area contributed by atoms with Crippen LogP contribution in [-0.2, 0) is 9.59 Å². The van der Waals surface area contributed by atoms with Crippen LogP contribution < -0.4 is 16.6 Å². The zero-order valence-corrected chi connectivity index (χ0v) is 12.7. The number of carbonyl (C=O) groups is 2. The first-order chi connectivity index (χ1) is 9.58. The van der Waals surface area contributed by atoms with Gasteiger partial charge >= 0.3 is 0 Å². The van der Waals surface area contributed by atoms with E-state index in [9.17, 15) is 9.59 Å². The van der Waals surface area contributed by atoms with Gasteiger partial charge in [-0.1, -0.05) is 6.92 Å². The van der Waals surface area contributed by atoms with Crippen LogP contribution >= 0.6 is 0 Å². The molecule has 116 valence electrons. The predicted molar refractivity (Wildman–Crippen MR) is 78.7 cm³/mol. The zero-order valence-electron chi connectivity index (χ0n) is 12.7. The molecule has 20 heavy (non-hydrogen) atoms. The fourth-order valence-electron chi connectivity index (χ4n) is 2.73. The first-order valence-corrected chi connectivity index (χ1v) is 7.60. The van der Waals surface area contributed by atoms with Crippen molar-refractivity contribution < 1.29 is 9.59 Å². The Balaban J connectivity index is 2.23. The van der Waals surface area contributed by atoms with E-state index >= 15 is 0 Å². The lowest BCUT2D eigenvalue weighted by Crippen LogP contribution is -2.41. The lowest BCUT2D eigenvalue weighted by molar-refractivity contribution is -0.130. The standard InChI is InChI=1S/C14H28N4O2/c1-3-12(18-9-5-7-14(18)20)10-11(2)16-8-4-6-13(19)17-15/h11-12,16H,3-10,15H2,1-2H3,(H,17,19). The highest BCUT2D eigenvalue weighted by Crippen LogP contribution is 2.19. The molecule has 0 bridgehead atoms. The van der Waals surface area contributed by atoms with Gasteiger partial charge in [-0.05, 0) is 39.2 Å². The van der Waals surface area contributed by atoms with E-state index in [2.05, 4.69) is 24.6 Å². The second-order valence-electron chi connectivity index (χ2n) is 5.51. The maximum Gasteiger partial charge on any atom is 0.233 e. The summed E-state index contributed by atoms with van der Waals surface area (Å²) in [6.07, 6.45) is 4.86. The number of amides is 2. The molecule has 4 N–H and O–H groups in total. The minimum Gasteiger partial charge on any atom is -0.340 e. The Bertz CT molecular complexity index is 322. The van der Waals surface area contributed by atoms with Crippen LogP contribution in [0.5, 0.6) is 0 Å². The van der Waals surface area contributed by atoms with E-state index < -0.39 is 0 Å². The van der Waals surface area contributed by atoms with Gasteiger partial charge in [-0.2, -0.15) is 0 Å². The second kappa shape index (κ2) is 8.92. The summed E-state index contributed by atoms with van der Waals surface area (Å²) in [5.41, 5.74) is 2.13. The maximum atomic E-state index is 11.8. The van der Waals surface area contributed by atoms with Crippen molar-refractivity contribution in [1.82, 2.24) is 15.6 Å². The average Bonchev–Trinajstić information content (AvgIpc) is 2.86. The third-order valence-corrected chi connectivity index (χ3v) is 3.88. The molecule has 0 aromatic rings. The molecule has 0 saturated carbocycles. The Morgan fingerprint density at radius 1 is 1.50 bits per heavy atom. The van der Waals surface area contributed by atoms with E-state index in [1.165, 1.54) is 0 Å². The van der Waals surface area contributed by atoms with Crippen LogP contribution in [0.3, 0.4) is 0 Å². The zero-order chi connectivity index (χ0) is 15.0. The highest BCUT2D eigenvalue weighted by atomic mass is 16.2. The molecular formula is C14H28N4O2. The summed E-state index contributed by atoms with van der Waals surface area (Å²) in [5.74, 6) is 5.19. The Morgan fingerprint density at radius 2 is 2.25 bits per heavy atom. The van der Waals surface area contributed by atoms with Gasteiger partial charge in [0.2, 0.25) is 11.8 Å². The molecule has 2 unspecified atom stereocenters. The molecule has 1 heterocycles. The van der Waals surface area contributed by atoms with Gasteiger partial charge in [0.1, 0.15) is 0 Å². The van der Waals surface area contributed by atoms with Crippen molar-refractivity contribution in [2.45, 2.75) is 64.5 Å². The first-order valence-electron chi connectivity index (χ1n) is 7.60. The maximum absolute atomic E-state index is 11.8. The molecule has 0 aliphatic carbocycles. The van der Waals surface area contributed by atoms with Crippen LogP contribution in [0.15, 0.2) is 0 Å². The molecule has 6 heteroatoms. The molecule has 2 amide bonds. The quantitative estimate of drug-likeness (QED) is 0.249. The highest BCUT2D eigenvalue weighted by Gasteiger charge is 2.27. The summed E-state index contributed by atoms with van der Waals surface area (Å²) in [5, 5.41) is 3.41. The number of hydrogen-bond donors (Lipinski definition) is 3. The lowest BCUT2D eigenvalue weighted by atomic mass is 10.0. The molecule has 1 saturated heterocycles. The Hall–Kier alpha value is -1.14. The Kier molecular flexibility index (Phi) is 7.54. The smallest absolute Gasteiger partial charge is 0.233 e. The molecule has 0 spiro atoms. The van der Waals surface area contributed by atoms with Crippen molar-refractivity contribution in [3.05, 3.63) is 0 Å². The van der Waals surface area contributed by atoms with E-state index in [4.69, 9.17) is 5.84 Å². The number of rotatable bonds is 9. The molecule has 0 radical (unpaired) electrons. The number of nitrogens with zero attached hydrogens (tertiary/aromatic N) is 1. The molecule has 6 nitrogen and oxygen atoms in total. The monoisotopic (exact) mass is 284 g/mol. The fourth-order valence-corrected chi connectivity index (χ4v) is 2.73. The van der Waals surface area contributed by atoms with Gasteiger partial charge in [-0.25, -0.2) is 5.84 Å². The number of hydrazine groups is 1. The van der Waals surface area contributed by atoms with E-state index in [1.807, 2.05) is 4.90 Å². The van der Waals surface area contributed by atoms with Gasteiger partial charge in [0, 0.05) is 31.5 Å². The minimum atomic E-state index is -0.131. The van der Waals surface area contributed by atoms with E-state index in [-0.39, 0.29) is 5.91 Å². The van der Waals surface area contributed by atoms with E-state index in [0.717, 1.165) is 38.8 Å². The van der Waals surface area contributed by atoms with Crippen LogP contribution in [-0.4, -0.2) is 41.9 Å². The Morgan fingerprint density at radius 3 is 2.80 bits per heavy atom. The summed E-state index contributed by atoms with van der Waals surface area (Å²) in [6.45, 7) is 5.96. The lowest BCUT2D eigenvalue weighted by Gasteiger charge is -2.29. The number of carbonyl (C=O) groups excluding carboxylic acids is 2. The normalized spacial score (nSPS) is 18.1. The van der Waals surface area contributed by atoms with Gasteiger partial charge in [-0.3, -0.25) is 15.0 Å². The molecular weight excluding hydrogens is 256 g/mol. The van der Waals surface area contributed by atoms with Crippen molar-refractivity contribution >= 4 is 11.8 Å². The molecule has 0 aromatic heterocycles. The molecule has 0 aromatic carbocycles. The van der Waals surface area contributed by atoms with Gasteiger partial charge in [0.15, 0.2) is 0 Å². The van der Waals surface area contributed by atoms with Crippen molar-refractivity contribution in [2.75, 3.05) is 13.1 Å². The number of nitrogens with two attached hydrogens (primary N) is 1. The predicted octanol–water partition coefficient (Wildman–Crippen LogP) is 0.526. The molecule has 1 aliphatic heterocycles. The van der Waals surface area contributed by atoms with Crippen molar-refractivity contribution in [3.63, 3.8) is 0 Å². The van der Waals surface area contributed by atoms with Crippen LogP contribution in [0.2, 0.25) is 0 Å². The Labute approximate surface area is 121 Å². The number of likely N-dealkylation sites (tertiary alicyclic amines) is 1. The van der Waals surface area contributed by atoms with Gasteiger partial charge in [-0.15, -0.1) is 0 Å². The fraction of sp³-hybridized carbons (Fsp3) is 0.857. The summed E-state index contributed by atoms with van der Waals surface area (Å²) in [6, 6.07) is 0.675. The third kappa shape index (κ3) is 5.46. The summed E-state index contributed by atoms with van der Waals surface area (Å²) in [4.78, 5) is 24.8. The van der Waals surface area contributed by atoms with Crippen LogP contribution in [0.4, 0.5) is 0 Å². The van der Waals surface area contributed by atoms with Crippen LogP contribution in [0, 0.1) is 0 Å². The summed E-state index contributed by atoms with van der Waals surface area (Å²) < 4.78 is 0. The van der Waals surface area contributed by atoms with Gasteiger partial charge < -0.3 is 10.2 Å². The van der Waals surface area contributed by atoms with Gasteiger partial charge in [0.05, 0.1) is 0 Å². The third-order valence-electron chi connectivity index (χ3n) is 3.88. The van der Waals surface area contributed by atoms with E-state index in [0.29, 0.717) is 30.8 Å². The first kappa shape index (κ1) is 16.9. The number of nitrogens with one attached hydrogen (secondary N) is 2. The van der Waals surface area contributed by atoms with Crippen molar-refractivity contribution in [3.8, 4) is 0 Å². The molecule has 1 fully saturated rings. The van der Waals surface area contributed by atoms with Crippen LogP contribution in [0.25, 0.3) is 0 Å². The van der Waals surface area contributed by atoms with Crippen LogP contribution in [0.1, 0.15) is 52.4 Å². The van der Waals surface area contributed by atoms with E-state index in [1.54, 1.807) is 0 Å². The second-order valence-corrected chi connectivity index (χ2v) is 5.51. The molecule has 1 aliphatic rings. The summed E-state index contributed by atoms with van der Waals surface area (Å²) >= 11 is 0. The molecule has 1 rings (SSSR count). The highest BCUT2D eigenvalue weighted by molar-refractivity contribution is 5.78. The van der Waals surface area contributed by atoms with Gasteiger partial charge in [0.25, 0.3) is 0 Å². The SMILES string of the molecule is CCC(CC(C)NCCCC(=O)NN)N1CCCC1=O. The number of hydrogen-bond acceptors (Lipinski definition) is 4. The largest absolute Gasteiger partial charge is 0.340 e. The topological polar surface area (TPSA) is 87.5 Å². The average molecular weight is 284 g/mol. The van der Waals surface area contributed by atoms with Crippen molar-refractivity contribution in [1.29, 1.82) is 0 Å². The summed E-state index contributed by atoms with van der Waals surface area (Å²) in [7, 11) is 0. The molecule has 2 atom stereocenters. The van der Waals surface area contributed by atoms with Crippen molar-refractivity contribution in [2.24, 2.45) is 5.84 Å². The minimum absolute atomic E-state index is 0.131.